The van der Waals surface area contributed by atoms with Gasteiger partial charge in [0.15, 0.2) is 0 Å². The van der Waals surface area contributed by atoms with Crippen LogP contribution in [0.15, 0.2) is 41.3 Å². The van der Waals surface area contributed by atoms with Gasteiger partial charge in [-0.15, -0.1) is 0 Å². The molecule has 0 amide bonds. The summed E-state index contributed by atoms with van der Waals surface area (Å²) < 4.78 is 49.6. The molecule has 0 atom stereocenters. The second-order valence-corrected chi connectivity index (χ2v) is 7.48. The molecule has 0 fully saturated rings. The minimum atomic E-state index is -4.91. The molecule has 11 nitrogen and oxygen atoms in total. The van der Waals surface area contributed by atoms with Crippen LogP contribution in [0.5, 0.6) is 11.5 Å². The largest absolute Gasteiger partial charge is 0.744 e. The number of hydrogen-bond acceptors (Lipinski definition) is 9. The maximum Gasteiger partial charge on any atom is 0.339 e. The first-order chi connectivity index (χ1) is 16.2. The number of hydrogen-bond donors (Lipinski definition) is 0. The Morgan fingerprint density at radius 2 is 1.59 bits per heavy atom. The maximum atomic E-state index is 12.2. The van der Waals surface area contributed by atoms with Crippen LogP contribution in [-0.4, -0.2) is 39.3 Å². The molecule has 0 saturated heterocycles. The van der Waals surface area contributed by atoms with Gasteiger partial charge in [-0.1, -0.05) is 12.1 Å². The van der Waals surface area contributed by atoms with E-state index >= 15 is 0 Å². The molecule has 0 spiro atoms. The molecule has 2 aromatic rings. The van der Waals surface area contributed by atoms with Crippen molar-refractivity contribution in [1.82, 2.24) is 0 Å². The quantitative estimate of drug-likeness (QED) is 0.245. The fraction of sp³-hybridized carbons (Fsp3) is 0.136. The lowest BCUT2D eigenvalue weighted by Gasteiger charge is -2.13. The highest BCUT2D eigenvalue weighted by Gasteiger charge is 2.17. The lowest BCUT2D eigenvalue weighted by Crippen LogP contribution is -2.21. The first-order valence-electron chi connectivity index (χ1n) is 9.08. The van der Waals surface area contributed by atoms with Gasteiger partial charge in [0.2, 0.25) is 0 Å². The predicted molar refractivity (Wildman–Crippen MR) is 114 cm³/mol. The van der Waals surface area contributed by atoms with Gasteiger partial charge in [0.05, 0.1) is 42.9 Å². The van der Waals surface area contributed by atoms with Crippen LogP contribution in [0.25, 0.3) is 21.1 Å². The van der Waals surface area contributed by atoms with E-state index in [-0.39, 0.29) is 39.9 Å². The molecule has 0 N–H and O–H groups in total. The SMILES string of the molecule is [C-]#[N+]/C(C#N)=c1/cc(OCCOC(=O)c2ccccc2S(=O)(=O)[O-])/c(=C(\C#N)[N+]#[C-])cc1OC. The number of benzene rings is 2. The fourth-order valence-corrected chi connectivity index (χ4v) is 3.39. The van der Waals surface area contributed by atoms with Gasteiger partial charge in [-0.05, 0) is 24.3 Å². The molecule has 0 saturated carbocycles. The molecule has 0 aliphatic rings. The molecule has 170 valence electrons. The van der Waals surface area contributed by atoms with Crippen molar-refractivity contribution in [3.8, 4) is 23.6 Å². The molecule has 12 heteroatoms. The molecule has 0 heterocycles. The van der Waals surface area contributed by atoms with E-state index in [1.54, 1.807) is 12.1 Å². The Balaban J connectivity index is 2.37. The fourth-order valence-electron chi connectivity index (χ4n) is 2.73. The lowest BCUT2D eigenvalue weighted by atomic mass is 10.1. The van der Waals surface area contributed by atoms with Crippen molar-refractivity contribution in [2.45, 2.75) is 4.90 Å². The third kappa shape index (κ3) is 5.67. The zero-order valence-electron chi connectivity index (χ0n) is 17.4. The van der Waals surface area contributed by atoms with Crippen LogP contribution in [0.1, 0.15) is 10.4 Å². The summed E-state index contributed by atoms with van der Waals surface area (Å²) in [6, 6.07) is 10.7. The number of carbonyl (C=O) groups is 1. The maximum absolute atomic E-state index is 12.2. The highest BCUT2D eigenvalue weighted by molar-refractivity contribution is 7.85. The first-order valence-corrected chi connectivity index (χ1v) is 10.5. The number of carbonyl (C=O) groups excluding carboxylic acids is 1. The van der Waals surface area contributed by atoms with Crippen molar-refractivity contribution >= 4 is 27.5 Å². The summed E-state index contributed by atoms with van der Waals surface area (Å²) in [5.74, 6) is -1.07. The summed E-state index contributed by atoms with van der Waals surface area (Å²) in [6.45, 7) is 13.6. The van der Waals surface area contributed by atoms with Crippen molar-refractivity contribution in [2.24, 2.45) is 0 Å². The molecule has 0 aliphatic heterocycles. The van der Waals surface area contributed by atoms with Crippen LogP contribution in [0.3, 0.4) is 0 Å². The summed E-state index contributed by atoms with van der Waals surface area (Å²) >= 11 is 0. The van der Waals surface area contributed by atoms with Crippen molar-refractivity contribution in [2.75, 3.05) is 20.3 Å². The zero-order valence-corrected chi connectivity index (χ0v) is 18.2. The highest BCUT2D eigenvalue weighted by atomic mass is 32.2. The van der Waals surface area contributed by atoms with Crippen molar-refractivity contribution in [3.05, 3.63) is 75.2 Å². The first kappa shape index (κ1) is 25.4. The van der Waals surface area contributed by atoms with E-state index < -0.39 is 33.2 Å². The summed E-state index contributed by atoms with van der Waals surface area (Å²) in [5.41, 5.74) is -1.12. The molecule has 34 heavy (non-hydrogen) atoms. The molecule has 2 rings (SSSR count). The molecule has 0 bridgehead atoms. The number of ether oxygens (including phenoxy) is 3. The highest BCUT2D eigenvalue weighted by Crippen LogP contribution is 2.16. The van der Waals surface area contributed by atoms with E-state index in [1.807, 2.05) is 0 Å². The molecular formula is C22H13N4O7S-. The number of rotatable bonds is 7. The Kier molecular flexibility index (Phi) is 8.30. The van der Waals surface area contributed by atoms with E-state index in [0.29, 0.717) is 0 Å². The number of nitriles is 2. The second-order valence-electron chi connectivity index (χ2n) is 6.13. The van der Waals surface area contributed by atoms with E-state index in [2.05, 4.69) is 9.69 Å². The number of methoxy groups -OCH3 is 1. The Morgan fingerprint density at radius 3 is 2.12 bits per heavy atom. The molecule has 0 aromatic heterocycles. The summed E-state index contributed by atoms with van der Waals surface area (Å²) in [6.07, 6.45) is 0. The van der Waals surface area contributed by atoms with Gasteiger partial charge in [-0.3, -0.25) is 0 Å². The zero-order chi connectivity index (χ0) is 25.3. The third-order valence-electron chi connectivity index (χ3n) is 4.20. The summed E-state index contributed by atoms with van der Waals surface area (Å²) in [5, 5.41) is 18.5. The average molecular weight is 477 g/mol. The minimum Gasteiger partial charge on any atom is -0.744 e. The summed E-state index contributed by atoms with van der Waals surface area (Å²) in [4.78, 5) is 17.7. The van der Waals surface area contributed by atoms with Gasteiger partial charge >= 0.3 is 5.97 Å². The second kappa shape index (κ2) is 11.1. The van der Waals surface area contributed by atoms with Crippen LogP contribution in [0.4, 0.5) is 0 Å². The Bertz CT molecular complexity index is 1500. The predicted octanol–water partition coefficient (Wildman–Crippen LogP) is 0.937. The molecular weight excluding hydrogens is 464 g/mol. The Labute approximate surface area is 194 Å². The number of nitrogens with zero attached hydrogens (tertiary/aromatic N) is 4. The van der Waals surface area contributed by atoms with E-state index in [4.69, 9.17) is 27.4 Å². The van der Waals surface area contributed by atoms with Gasteiger partial charge < -0.3 is 18.8 Å². The molecule has 0 unspecified atom stereocenters. The van der Waals surface area contributed by atoms with Gasteiger partial charge in [0.1, 0.15) is 34.8 Å². The number of esters is 1. The van der Waals surface area contributed by atoms with Gasteiger partial charge in [-0.25, -0.2) is 33.4 Å². The van der Waals surface area contributed by atoms with Crippen molar-refractivity contribution in [3.63, 3.8) is 0 Å². The van der Waals surface area contributed by atoms with Crippen LogP contribution >= 0.6 is 0 Å². The van der Waals surface area contributed by atoms with Gasteiger partial charge in [0.25, 0.3) is 11.4 Å². The lowest BCUT2D eigenvalue weighted by molar-refractivity contribution is 0.0445. The van der Waals surface area contributed by atoms with Crippen LogP contribution < -0.4 is 19.9 Å². The molecule has 2 aromatic carbocycles. The van der Waals surface area contributed by atoms with Gasteiger partial charge in [0, 0.05) is 10.4 Å². The molecule has 0 radical (unpaired) electrons. The Hall–Kier alpha value is -4.88. The molecule has 0 aliphatic carbocycles. The summed E-state index contributed by atoms with van der Waals surface area (Å²) in [7, 11) is -3.62. The van der Waals surface area contributed by atoms with Crippen LogP contribution in [0.2, 0.25) is 0 Å². The minimum absolute atomic E-state index is 0.0227. The smallest absolute Gasteiger partial charge is 0.339 e. The standard InChI is InChI=1S/C22H14N4O7S/c1-25-17(12-23)15-11-20(16(10-19(15)31-3)18(13-24)26-2)32-8-9-33-22(27)14-6-4-5-7-21(14)34(28,29)30/h4-7,10-11H,8-9H2,3H3,(H,28,29,30)/p-1/b17-15-,18-16+. The topological polar surface area (TPSA) is 158 Å². The van der Waals surface area contributed by atoms with Crippen LogP contribution in [-0.2, 0) is 14.9 Å². The normalized spacial score (nSPS) is 12.1. The van der Waals surface area contributed by atoms with Crippen LogP contribution in [0, 0.1) is 35.8 Å². The Morgan fingerprint density at radius 1 is 1.03 bits per heavy atom. The van der Waals surface area contributed by atoms with Crippen molar-refractivity contribution < 1.29 is 32.0 Å². The van der Waals surface area contributed by atoms with E-state index in [0.717, 1.165) is 12.1 Å². The van der Waals surface area contributed by atoms with E-state index in [9.17, 15) is 28.3 Å². The van der Waals surface area contributed by atoms with Crippen molar-refractivity contribution in [1.29, 1.82) is 10.5 Å². The third-order valence-corrected chi connectivity index (χ3v) is 5.09. The average Bonchev–Trinajstić information content (AvgIpc) is 2.83. The van der Waals surface area contributed by atoms with E-state index in [1.165, 1.54) is 31.4 Å². The van der Waals surface area contributed by atoms with Gasteiger partial charge in [-0.2, -0.15) is 0 Å². The monoisotopic (exact) mass is 477 g/mol.